The number of benzene rings is 1. The maximum Gasteiger partial charge on any atom is 0.335 e. The zero-order valence-electron chi connectivity index (χ0n) is 10.7. The monoisotopic (exact) mass is 256 g/mol. The average molecular weight is 256 g/mol. The lowest BCUT2D eigenvalue weighted by Gasteiger charge is -2.29. The molecule has 2 aliphatic rings. The molecule has 0 unspecified atom stereocenters. The number of carboxylic acids is 1. The fraction of sp³-hybridized carbons (Fsp3) is 0.467. The van der Waals surface area contributed by atoms with Gasteiger partial charge in [-0.25, -0.2) is 9.78 Å². The molecule has 2 aliphatic carbocycles. The van der Waals surface area contributed by atoms with Crippen molar-refractivity contribution in [2.75, 3.05) is 0 Å². The molecule has 1 N–H and O–H groups in total. The van der Waals surface area contributed by atoms with Crippen molar-refractivity contribution in [3.05, 3.63) is 29.6 Å². The Bertz CT molecular complexity index is 666. The van der Waals surface area contributed by atoms with Gasteiger partial charge in [-0.1, -0.05) is 0 Å². The lowest BCUT2D eigenvalue weighted by Crippen LogP contribution is -2.19. The summed E-state index contributed by atoms with van der Waals surface area (Å²) in [5.74, 6) is 0.916. The minimum Gasteiger partial charge on any atom is -0.478 e. The molecule has 19 heavy (non-hydrogen) atoms. The van der Waals surface area contributed by atoms with Crippen LogP contribution in [0.4, 0.5) is 0 Å². The molecule has 1 aromatic heterocycles. The van der Waals surface area contributed by atoms with Crippen molar-refractivity contribution >= 4 is 17.0 Å². The summed E-state index contributed by atoms with van der Waals surface area (Å²) < 4.78 is 2.32. The second kappa shape index (κ2) is 3.83. The second-order valence-electron chi connectivity index (χ2n) is 5.71. The molecule has 4 heteroatoms. The van der Waals surface area contributed by atoms with E-state index in [0.717, 1.165) is 11.0 Å². The summed E-state index contributed by atoms with van der Waals surface area (Å²) in [5.41, 5.74) is 2.31. The minimum atomic E-state index is -0.865. The number of nitrogens with zero attached hydrogens (tertiary/aromatic N) is 2. The van der Waals surface area contributed by atoms with Crippen LogP contribution in [0.15, 0.2) is 18.2 Å². The first-order chi connectivity index (χ1) is 9.24. The Labute approximate surface area is 111 Å². The van der Waals surface area contributed by atoms with Crippen LogP contribution in [0.1, 0.15) is 60.2 Å². The van der Waals surface area contributed by atoms with E-state index in [2.05, 4.69) is 4.57 Å². The molecule has 1 heterocycles. The van der Waals surface area contributed by atoms with Gasteiger partial charge in [-0.05, 0) is 50.3 Å². The van der Waals surface area contributed by atoms with Gasteiger partial charge < -0.3 is 9.67 Å². The zero-order valence-corrected chi connectivity index (χ0v) is 10.7. The van der Waals surface area contributed by atoms with E-state index in [1.807, 2.05) is 6.07 Å². The molecule has 4 nitrogen and oxygen atoms in total. The molecule has 1 aromatic carbocycles. The molecule has 0 atom stereocenters. The van der Waals surface area contributed by atoms with E-state index in [0.29, 0.717) is 17.5 Å². The fourth-order valence-electron chi connectivity index (χ4n) is 2.90. The molecule has 0 saturated heterocycles. The van der Waals surface area contributed by atoms with Crippen molar-refractivity contribution < 1.29 is 9.90 Å². The van der Waals surface area contributed by atoms with Crippen LogP contribution >= 0.6 is 0 Å². The maximum atomic E-state index is 11.1. The Morgan fingerprint density at radius 1 is 1.26 bits per heavy atom. The predicted octanol–water partition coefficient (Wildman–Crippen LogP) is 3.34. The SMILES string of the molecule is O=C(O)c1ccc2nc(C3CC3)n(C3CCC3)c2c1. The van der Waals surface area contributed by atoms with Crippen LogP contribution in [0, 0.1) is 0 Å². The highest BCUT2D eigenvalue weighted by atomic mass is 16.4. The summed E-state index contributed by atoms with van der Waals surface area (Å²) in [6, 6.07) is 5.82. The van der Waals surface area contributed by atoms with E-state index in [1.54, 1.807) is 12.1 Å². The maximum absolute atomic E-state index is 11.1. The van der Waals surface area contributed by atoms with Gasteiger partial charge in [0.25, 0.3) is 0 Å². The van der Waals surface area contributed by atoms with Gasteiger partial charge in [-0.15, -0.1) is 0 Å². The highest BCUT2D eigenvalue weighted by Crippen LogP contribution is 2.44. The second-order valence-corrected chi connectivity index (χ2v) is 5.71. The van der Waals surface area contributed by atoms with Gasteiger partial charge in [0.1, 0.15) is 5.82 Å². The summed E-state index contributed by atoms with van der Waals surface area (Å²) in [5, 5.41) is 9.14. The normalized spacial score (nSPS) is 19.6. The van der Waals surface area contributed by atoms with Crippen molar-refractivity contribution in [3.8, 4) is 0 Å². The number of hydrogen-bond donors (Lipinski definition) is 1. The molecular formula is C15H16N2O2. The molecule has 0 spiro atoms. The summed E-state index contributed by atoms with van der Waals surface area (Å²) in [6.07, 6.45) is 6.11. The van der Waals surface area contributed by atoms with Gasteiger partial charge in [0, 0.05) is 12.0 Å². The topological polar surface area (TPSA) is 55.1 Å². The summed E-state index contributed by atoms with van der Waals surface area (Å²) >= 11 is 0. The van der Waals surface area contributed by atoms with E-state index in [1.165, 1.54) is 37.9 Å². The summed E-state index contributed by atoms with van der Waals surface area (Å²) in [7, 11) is 0. The Kier molecular flexibility index (Phi) is 2.22. The van der Waals surface area contributed by atoms with Crippen LogP contribution in [0.3, 0.4) is 0 Å². The van der Waals surface area contributed by atoms with E-state index in [4.69, 9.17) is 10.1 Å². The smallest absolute Gasteiger partial charge is 0.335 e. The van der Waals surface area contributed by atoms with E-state index < -0.39 is 5.97 Å². The van der Waals surface area contributed by atoms with Crippen LogP contribution in [0.25, 0.3) is 11.0 Å². The van der Waals surface area contributed by atoms with Crippen molar-refractivity contribution in [1.82, 2.24) is 9.55 Å². The standard InChI is InChI=1S/C15H16N2O2/c18-15(19)10-6-7-12-13(8-10)17(11-2-1-3-11)14(16-12)9-4-5-9/h6-9,11H,1-5H2,(H,18,19). The molecular weight excluding hydrogens is 240 g/mol. The van der Waals surface area contributed by atoms with E-state index in [-0.39, 0.29) is 0 Å². The first-order valence-electron chi connectivity index (χ1n) is 6.99. The first kappa shape index (κ1) is 11.0. The third kappa shape index (κ3) is 1.66. The molecule has 0 amide bonds. The van der Waals surface area contributed by atoms with Gasteiger partial charge in [0.05, 0.1) is 16.6 Å². The van der Waals surface area contributed by atoms with Crippen LogP contribution in [0.5, 0.6) is 0 Å². The van der Waals surface area contributed by atoms with E-state index in [9.17, 15) is 4.79 Å². The van der Waals surface area contributed by atoms with Crippen LogP contribution in [-0.2, 0) is 0 Å². The van der Waals surface area contributed by atoms with Gasteiger partial charge in [-0.3, -0.25) is 0 Å². The van der Waals surface area contributed by atoms with Gasteiger partial charge in [0.2, 0.25) is 0 Å². The lowest BCUT2D eigenvalue weighted by atomic mass is 9.92. The Hall–Kier alpha value is -1.84. The van der Waals surface area contributed by atoms with Crippen molar-refractivity contribution in [2.24, 2.45) is 0 Å². The Balaban J connectivity index is 1.93. The number of aromatic nitrogens is 2. The highest BCUT2D eigenvalue weighted by Gasteiger charge is 2.33. The Morgan fingerprint density at radius 2 is 2.05 bits per heavy atom. The summed E-state index contributed by atoms with van der Waals surface area (Å²) in [6.45, 7) is 0. The average Bonchev–Trinajstić information content (AvgIpc) is 3.11. The number of carbonyl (C=O) groups is 1. The van der Waals surface area contributed by atoms with Gasteiger partial charge >= 0.3 is 5.97 Å². The number of imidazole rings is 1. The molecule has 0 radical (unpaired) electrons. The molecule has 0 aliphatic heterocycles. The number of fused-ring (bicyclic) bond motifs is 1. The molecule has 98 valence electrons. The predicted molar refractivity (Wildman–Crippen MR) is 71.6 cm³/mol. The quantitative estimate of drug-likeness (QED) is 0.916. The lowest BCUT2D eigenvalue weighted by molar-refractivity contribution is 0.0697. The number of rotatable bonds is 3. The van der Waals surface area contributed by atoms with Gasteiger partial charge in [-0.2, -0.15) is 0 Å². The largest absolute Gasteiger partial charge is 0.478 e. The summed E-state index contributed by atoms with van der Waals surface area (Å²) in [4.78, 5) is 15.9. The number of aromatic carboxylic acids is 1. The molecule has 0 bridgehead atoms. The van der Waals surface area contributed by atoms with Crippen molar-refractivity contribution in [1.29, 1.82) is 0 Å². The zero-order chi connectivity index (χ0) is 13.0. The molecule has 2 saturated carbocycles. The third-order valence-corrected chi connectivity index (χ3v) is 4.35. The van der Waals surface area contributed by atoms with Crippen molar-refractivity contribution in [2.45, 2.75) is 44.1 Å². The third-order valence-electron chi connectivity index (χ3n) is 4.35. The highest BCUT2D eigenvalue weighted by molar-refractivity contribution is 5.92. The molecule has 4 rings (SSSR count). The molecule has 2 fully saturated rings. The van der Waals surface area contributed by atoms with Crippen LogP contribution in [-0.4, -0.2) is 20.6 Å². The number of carboxylic acid groups (broad SMARTS) is 1. The van der Waals surface area contributed by atoms with Gasteiger partial charge in [0.15, 0.2) is 0 Å². The Morgan fingerprint density at radius 3 is 2.63 bits per heavy atom. The minimum absolute atomic E-state index is 0.357. The van der Waals surface area contributed by atoms with Crippen LogP contribution in [0.2, 0.25) is 0 Å². The van der Waals surface area contributed by atoms with E-state index >= 15 is 0 Å². The van der Waals surface area contributed by atoms with Crippen molar-refractivity contribution in [3.63, 3.8) is 0 Å². The fourth-order valence-corrected chi connectivity index (χ4v) is 2.90. The van der Waals surface area contributed by atoms with Crippen LogP contribution < -0.4 is 0 Å². The first-order valence-corrected chi connectivity index (χ1v) is 6.99. The number of hydrogen-bond acceptors (Lipinski definition) is 2. The molecule has 2 aromatic rings.